The molecular weight excluding hydrogens is 412 g/mol. The zero-order valence-corrected chi connectivity index (χ0v) is 19.4. The molecule has 0 unspecified atom stereocenters. The van der Waals surface area contributed by atoms with Gasteiger partial charge in [0.2, 0.25) is 0 Å². The molecule has 1 atom stereocenters. The van der Waals surface area contributed by atoms with Crippen molar-refractivity contribution in [2.75, 3.05) is 32.7 Å². The van der Waals surface area contributed by atoms with Gasteiger partial charge in [-0.25, -0.2) is 0 Å². The fourth-order valence-electron chi connectivity index (χ4n) is 6.46. The van der Waals surface area contributed by atoms with E-state index in [-0.39, 0.29) is 5.75 Å². The third-order valence-electron chi connectivity index (χ3n) is 8.20. The van der Waals surface area contributed by atoms with Crippen molar-refractivity contribution in [2.24, 2.45) is 0 Å². The summed E-state index contributed by atoms with van der Waals surface area (Å²) in [4.78, 5) is 8.99. The van der Waals surface area contributed by atoms with Crippen LogP contribution in [0.25, 0.3) is 22.3 Å². The largest absolute Gasteiger partial charge is 0.507 e. The number of para-hydroxylation sites is 1. The second kappa shape index (κ2) is 8.70. The molecule has 2 aromatic heterocycles. The Labute approximate surface area is 195 Å². The minimum atomic E-state index is 0.242. The first kappa shape index (κ1) is 21.1. The normalized spacial score (nSPS) is 27.0. The summed E-state index contributed by atoms with van der Waals surface area (Å²) in [6.45, 7) is 8.14. The summed E-state index contributed by atoms with van der Waals surface area (Å²) in [5.74, 6) is 0.242. The molecule has 174 valence electrons. The van der Waals surface area contributed by atoms with E-state index < -0.39 is 0 Å². The number of piperazine rings is 1. The highest BCUT2D eigenvalue weighted by atomic mass is 16.3. The monoisotopic (exact) mass is 446 g/mol. The predicted octanol–water partition coefficient (Wildman–Crippen LogP) is 3.47. The van der Waals surface area contributed by atoms with Gasteiger partial charge in [0.05, 0.1) is 5.69 Å². The first-order valence-electron chi connectivity index (χ1n) is 12.6. The van der Waals surface area contributed by atoms with Gasteiger partial charge in [0.25, 0.3) is 0 Å². The topological polar surface area (TPSA) is 80.3 Å². The molecule has 33 heavy (non-hydrogen) atoms. The fourth-order valence-corrected chi connectivity index (χ4v) is 6.46. The van der Waals surface area contributed by atoms with E-state index in [1.165, 1.54) is 50.0 Å². The maximum atomic E-state index is 10.3. The van der Waals surface area contributed by atoms with E-state index in [2.05, 4.69) is 43.3 Å². The quantitative estimate of drug-likeness (QED) is 0.572. The molecule has 1 saturated carbocycles. The Morgan fingerprint density at radius 1 is 0.970 bits per heavy atom. The number of aromatic hydroxyl groups is 1. The molecule has 3 N–H and O–H groups in total. The summed E-state index contributed by atoms with van der Waals surface area (Å²) >= 11 is 0. The molecule has 0 radical (unpaired) electrons. The summed E-state index contributed by atoms with van der Waals surface area (Å²) in [5.41, 5.74) is 4.98. The number of aromatic nitrogens is 3. The molecule has 7 heteroatoms. The molecule has 7 nitrogen and oxygen atoms in total. The van der Waals surface area contributed by atoms with Crippen molar-refractivity contribution < 1.29 is 5.11 Å². The number of fused-ring (bicyclic) bond motifs is 3. The van der Waals surface area contributed by atoms with Crippen LogP contribution in [0, 0.1) is 0 Å². The van der Waals surface area contributed by atoms with Crippen LogP contribution in [-0.4, -0.2) is 74.9 Å². The van der Waals surface area contributed by atoms with Gasteiger partial charge in [-0.15, -0.1) is 10.2 Å². The smallest absolute Gasteiger partial charge is 0.160 e. The van der Waals surface area contributed by atoms with Gasteiger partial charge in [-0.1, -0.05) is 12.1 Å². The number of H-pyrrole nitrogens is 1. The highest BCUT2D eigenvalue weighted by Crippen LogP contribution is 2.40. The lowest BCUT2D eigenvalue weighted by Gasteiger charge is -2.45. The van der Waals surface area contributed by atoms with Crippen LogP contribution in [0.2, 0.25) is 0 Å². The number of aromatic amines is 1. The first-order valence-corrected chi connectivity index (χ1v) is 12.6. The molecule has 0 amide bonds. The molecule has 1 aliphatic carbocycles. The van der Waals surface area contributed by atoms with Gasteiger partial charge in [0, 0.05) is 73.9 Å². The van der Waals surface area contributed by atoms with Crippen molar-refractivity contribution in [1.29, 1.82) is 0 Å². The third-order valence-corrected chi connectivity index (χ3v) is 8.20. The van der Waals surface area contributed by atoms with Gasteiger partial charge in [-0.2, -0.15) is 0 Å². The van der Waals surface area contributed by atoms with Crippen molar-refractivity contribution in [2.45, 2.75) is 57.2 Å². The number of hydrogen-bond acceptors (Lipinski definition) is 6. The second-order valence-electron chi connectivity index (χ2n) is 9.94. The van der Waals surface area contributed by atoms with Crippen LogP contribution >= 0.6 is 0 Å². The van der Waals surface area contributed by atoms with Crippen LogP contribution in [0.4, 0.5) is 0 Å². The second-order valence-corrected chi connectivity index (χ2v) is 9.94. The zero-order valence-electron chi connectivity index (χ0n) is 19.4. The molecule has 2 aliphatic heterocycles. The molecular formula is C26H34N6O. The number of phenolic OH excluding ortho intramolecular Hbond substituents is 1. The summed E-state index contributed by atoms with van der Waals surface area (Å²) in [6, 6.07) is 11.2. The van der Waals surface area contributed by atoms with Crippen LogP contribution in [0.5, 0.6) is 5.75 Å². The molecule has 6 rings (SSSR count). The van der Waals surface area contributed by atoms with E-state index in [4.69, 9.17) is 0 Å². The van der Waals surface area contributed by atoms with Crippen LogP contribution in [-0.2, 0) is 6.42 Å². The summed E-state index contributed by atoms with van der Waals surface area (Å²) in [6.07, 6.45) is 6.24. The number of rotatable bonds is 3. The Kier molecular flexibility index (Phi) is 5.56. The number of phenols is 1. The van der Waals surface area contributed by atoms with Crippen LogP contribution in [0.1, 0.15) is 49.9 Å². The van der Waals surface area contributed by atoms with E-state index in [0.717, 1.165) is 54.4 Å². The minimum absolute atomic E-state index is 0.242. The van der Waals surface area contributed by atoms with E-state index in [9.17, 15) is 5.11 Å². The van der Waals surface area contributed by atoms with Crippen LogP contribution < -0.4 is 5.32 Å². The maximum Gasteiger partial charge on any atom is 0.160 e. The van der Waals surface area contributed by atoms with Gasteiger partial charge in [0.15, 0.2) is 5.65 Å². The number of benzene rings is 1. The standard InChI is InChI=1S/C26H34N6O/c1-17-25-21-16-23(20-4-2-3-5-24(20)33)29-30-26(21)28-22(25)10-13-32(17)19-8-6-18(7-9-19)31-14-11-27-12-15-31/h2-5,16-19,27,33H,6-15H2,1H3,(H,28,30)/t17-,18?,19?/m1/s1. The van der Waals surface area contributed by atoms with Gasteiger partial charge < -0.3 is 15.4 Å². The molecule has 1 aromatic carbocycles. The highest BCUT2D eigenvalue weighted by molar-refractivity contribution is 5.86. The molecule has 1 saturated heterocycles. The number of nitrogens with zero attached hydrogens (tertiary/aromatic N) is 4. The van der Waals surface area contributed by atoms with E-state index >= 15 is 0 Å². The summed E-state index contributed by atoms with van der Waals surface area (Å²) in [5, 5.41) is 23.8. The Bertz CT molecular complexity index is 1130. The highest BCUT2D eigenvalue weighted by Gasteiger charge is 2.35. The number of nitrogens with one attached hydrogen (secondary N) is 2. The van der Waals surface area contributed by atoms with E-state index in [1.54, 1.807) is 6.07 Å². The van der Waals surface area contributed by atoms with Gasteiger partial charge >= 0.3 is 0 Å². The SMILES string of the molecule is C[C@@H]1c2c([nH]c3nnc(-c4ccccc4O)cc23)CCN1C1CCC(N2CCNCC2)CC1. The van der Waals surface area contributed by atoms with Crippen LogP contribution in [0.3, 0.4) is 0 Å². The Morgan fingerprint density at radius 2 is 1.73 bits per heavy atom. The van der Waals surface area contributed by atoms with Crippen molar-refractivity contribution in [3.05, 3.63) is 41.6 Å². The zero-order chi connectivity index (χ0) is 22.4. The fraction of sp³-hybridized carbons (Fsp3) is 0.538. The van der Waals surface area contributed by atoms with Crippen LogP contribution in [0.15, 0.2) is 30.3 Å². The lowest BCUT2D eigenvalue weighted by molar-refractivity contribution is 0.0634. The lowest BCUT2D eigenvalue weighted by Crippen LogP contribution is -2.51. The maximum absolute atomic E-state index is 10.3. The summed E-state index contributed by atoms with van der Waals surface area (Å²) in [7, 11) is 0. The van der Waals surface area contributed by atoms with Gasteiger partial charge in [0.1, 0.15) is 5.75 Å². The van der Waals surface area contributed by atoms with Crippen molar-refractivity contribution in [3.8, 4) is 17.0 Å². The molecule has 2 fully saturated rings. The lowest BCUT2D eigenvalue weighted by atomic mass is 9.86. The Hall–Kier alpha value is -2.48. The molecule has 3 aromatic rings. The van der Waals surface area contributed by atoms with Gasteiger partial charge in [-0.3, -0.25) is 9.80 Å². The Morgan fingerprint density at radius 3 is 2.52 bits per heavy atom. The minimum Gasteiger partial charge on any atom is -0.507 e. The summed E-state index contributed by atoms with van der Waals surface area (Å²) < 4.78 is 0. The molecule has 4 heterocycles. The average molecular weight is 447 g/mol. The van der Waals surface area contributed by atoms with Crippen molar-refractivity contribution in [3.63, 3.8) is 0 Å². The van der Waals surface area contributed by atoms with Crippen molar-refractivity contribution in [1.82, 2.24) is 30.3 Å². The average Bonchev–Trinajstić information content (AvgIpc) is 3.24. The predicted molar refractivity (Wildman–Crippen MR) is 130 cm³/mol. The molecule has 0 spiro atoms. The Balaban J connectivity index is 1.24. The van der Waals surface area contributed by atoms with E-state index in [0.29, 0.717) is 12.1 Å². The molecule has 0 bridgehead atoms. The number of hydrogen-bond donors (Lipinski definition) is 3. The van der Waals surface area contributed by atoms with Gasteiger partial charge in [-0.05, 0) is 56.4 Å². The molecule has 3 aliphatic rings. The van der Waals surface area contributed by atoms with Crippen molar-refractivity contribution >= 4 is 11.0 Å². The third kappa shape index (κ3) is 3.82. The first-order chi connectivity index (χ1) is 16.2. The van der Waals surface area contributed by atoms with E-state index in [1.807, 2.05) is 18.2 Å².